The molecule has 1 aromatic carbocycles. The predicted molar refractivity (Wildman–Crippen MR) is 123 cm³/mol. The Kier molecular flexibility index (Phi) is 5.46. The van der Waals surface area contributed by atoms with Crippen molar-refractivity contribution in [1.29, 1.82) is 0 Å². The maximum absolute atomic E-state index is 6.42. The molecule has 1 saturated heterocycles. The summed E-state index contributed by atoms with van der Waals surface area (Å²) in [5.74, 6) is 0.880. The van der Waals surface area contributed by atoms with Crippen molar-refractivity contribution < 1.29 is 0 Å². The van der Waals surface area contributed by atoms with E-state index in [4.69, 9.17) is 24.4 Å². The first kappa shape index (κ1) is 19.5. The Morgan fingerprint density at radius 3 is 2.83 bits per heavy atom. The molecule has 2 radical (unpaired) electrons. The van der Waals surface area contributed by atoms with Gasteiger partial charge in [0.25, 0.3) is 0 Å². The summed E-state index contributed by atoms with van der Waals surface area (Å²) in [6, 6.07) is 10.1. The van der Waals surface area contributed by atoms with E-state index < -0.39 is 0 Å². The fourth-order valence-electron chi connectivity index (χ4n) is 3.86. The predicted octanol–water partition coefficient (Wildman–Crippen LogP) is 3.38. The van der Waals surface area contributed by atoms with Crippen molar-refractivity contribution in [3.05, 3.63) is 58.1 Å². The maximum Gasteiger partial charge on any atom is 0.150 e. The molecule has 0 spiro atoms. The van der Waals surface area contributed by atoms with Gasteiger partial charge in [-0.2, -0.15) is 9.61 Å². The summed E-state index contributed by atoms with van der Waals surface area (Å²) in [4.78, 5) is 11.6. The minimum Gasteiger partial charge on any atom is -0.367 e. The highest BCUT2D eigenvalue weighted by Gasteiger charge is 2.21. The summed E-state index contributed by atoms with van der Waals surface area (Å²) < 4.78 is 1.78. The molecule has 1 fully saturated rings. The van der Waals surface area contributed by atoms with E-state index in [1.54, 1.807) is 22.0 Å². The van der Waals surface area contributed by atoms with Crippen molar-refractivity contribution in [1.82, 2.24) is 24.5 Å². The van der Waals surface area contributed by atoms with Gasteiger partial charge in [-0.05, 0) is 24.4 Å². The van der Waals surface area contributed by atoms with Gasteiger partial charge < -0.3 is 5.32 Å². The van der Waals surface area contributed by atoms with Crippen LogP contribution in [0.1, 0.15) is 17.8 Å². The van der Waals surface area contributed by atoms with Gasteiger partial charge in [-0.3, -0.25) is 4.90 Å². The lowest BCUT2D eigenvalue weighted by atomic mass is 10.0. The van der Waals surface area contributed by atoms with E-state index in [1.165, 1.54) is 5.01 Å². The van der Waals surface area contributed by atoms with Gasteiger partial charge in [-0.15, -0.1) is 11.3 Å². The van der Waals surface area contributed by atoms with Gasteiger partial charge in [0.05, 0.1) is 12.2 Å². The van der Waals surface area contributed by atoms with Gasteiger partial charge in [0.2, 0.25) is 0 Å². The fraction of sp³-hybridized carbons (Fsp3) is 0.286. The molecule has 6 nitrogen and oxygen atoms in total. The second-order valence-electron chi connectivity index (χ2n) is 7.46. The molecule has 0 bridgehead atoms. The standard InChI is InChI=1S/C21H20BClN6S/c22-16-12-25-29-19(11-18(27-21(16)29)15-3-1-2-4-17(15)23)26-14-5-8-28(9-6-14)13-20-24-7-10-30-20/h1-4,7,10-12,14,26H,5-6,8-9,13H2. The number of nitrogens with zero attached hydrogens (tertiary/aromatic N) is 5. The van der Waals surface area contributed by atoms with E-state index >= 15 is 0 Å². The van der Waals surface area contributed by atoms with Crippen LogP contribution in [-0.4, -0.2) is 51.5 Å². The second kappa shape index (κ2) is 8.37. The maximum atomic E-state index is 6.42. The van der Waals surface area contributed by atoms with Crippen molar-refractivity contribution in [3.8, 4) is 11.3 Å². The zero-order chi connectivity index (χ0) is 20.5. The monoisotopic (exact) mass is 434 g/mol. The number of hydrogen-bond donors (Lipinski definition) is 1. The molecule has 0 unspecified atom stereocenters. The largest absolute Gasteiger partial charge is 0.367 e. The van der Waals surface area contributed by atoms with Crippen molar-refractivity contribution in [3.63, 3.8) is 0 Å². The van der Waals surface area contributed by atoms with Gasteiger partial charge in [0, 0.05) is 53.6 Å². The van der Waals surface area contributed by atoms with Crippen molar-refractivity contribution >= 4 is 47.7 Å². The highest BCUT2D eigenvalue weighted by Crippen LogP contribution is 2.29. The molecule has 0 atom stereocenters. The third kappa shape index (κ3) is 3.95. The number of anilines is 1. The lowest BCUT2D eigenvalue weighted by Crippen LogP contribution is -2.39. The molecule has 4 aromatic rings. The zero-order valence-electron chi connectivity index (χ0n) is 16.3. The lowest BCUT2D eigenvalue weighted by molar-refractivity contribution is 0.211. The molecule has 30 heavy (non-hydrogen) atoms. The first-order valence-electron chi connectivity index (χ1n) is 9.94. The van der Waals surface area contributed by atoms with E-state index in [0.29, 0.717) is 22.2 Å². The Hall–Kier alpha value is -2.42. The van der Waals surface area contributed by atoms with E-state index in [2.05, 4.69) is 20.3 Å². The Labute approximate surface area is 185 Å². The first-order chi connectivity index (χ1) is 14.7. The topological polar surface area (TPSA) is 58.4 Å². The average molecular weight is 435 g/mol. The van der Waals surface area contributed by atoms with Crippen molar-refractivity contribution in [2.45, 2.75) is 25.4 Å². The lowest BCUT2D eigenvalue weighted by Gasteiger charge is -2.32. The number of hydrogen-bond acceptors (Lipinski definition) is 6. The van der Waals surface area contributed by atoms with Crippen LogP contribution in [0.15, 0.2) is 48.1 Å². The molecule has 1 N–H and O–H groups in total. The van der Waals surface area contributed by atoms with E-state index in [0.717, 1.165) is 49.6 Å². The van der Waals surface area contributed by atoms with Crippen LogP contribution in [0.4, 0.5) is 5.82 Å². The molecule has 1 aliphatic heterocycles. The molecule has 0 amide bonds. The third-order valence-electron chi connectivity index (χ3n) is 5.43. The van der Waals surface area contributed by atoms with Crippen LogP contribution in [0.2, 0.25) is 5.02 Å². The molecule has 5 rings (SSSR count). The van der Waals surface area contributed by atoms with Crippen LogP contribution in [0.5, 0.6) is 0 Å². The van der Waals surface area contributed by atoms with Crippen molar-refractivity contribution in [2.75, 3.05) is 18.4 Å². The number of halogens is 1. The highest BCUT2D eigenvalue weighted by atomic mass is 35.5. The van der Waals surface area contributed by atoms with Gasteiger partial charge >= 0.3 is 0 Å². The molecular formula is C21H20BClN6S. The normalized spacial score (nSPS) is 15.6. The molecule has 0 aliphatic carbocycles. The van der Waals surface area contributed by atoms with Crippen LogP contribution in [0, 0.1) is 0 Å². The van der Waals surface area contributed by atoms with Crippen LogP contribution >= 0.6 is 22.9 Å². The van der Waals surface area contributed by atoms with Gasteiger partial charge in [0.1, 0.15) is 18.7 Å². The molecule has 3 aromatic heterocycles. The highest BCUT2D eigenvalue weighted by molar-refractivity contribution is 7.09. The number of rotatable bonds is 5. The van der Waals surface area contributed by atoms with Gasteiger partial charge in [-0.1, -0.05) is 29.8 Å². The molecule has 9 heteroatoms. The number of benzene rings is 1. The van der Waals surface area contributed by atoms with Crippen LogP contribution in [0.25, 0.3) is 16.9 Å². The number of thiazole rings is 1. The van der Waals surface area contributed by atoms with Crippen LogP contribution < -0.4 is 10.8 Å². The summed E-state index contributed by atoms with van der Waals surface area (Å²) in [7, 11) is 6.13. The van der Waals surface area contributed by atoms with Gasteiger partial charge in [-0.25, -0.2) is 9.97 Å². The van der Waals surface area contributed by atoms with Crippen LogP contribution in [-0.2, 0) is 6.54 Å². The quantitative estimate of drug-likeness (QED) is 0.488. The van der Waals surface area contributed by atoms with E-state index in [1.807, 2.05) is 41.9 Å². The van der Waals surface area contributed by atoms with Gasteiger partial charge in [0.15, 0.2) is 5.65 Å². The minimum absolute atomic E-state index is 0.354. The number of fused-ring (bicyclic) bond motifs is 1. The molecular weight excluding hydrogens is 415 g/mol. The van der Waals surface area contributed by atoms with Crippen LogP contribution in [0.3, 0.4) is 0 Å². The number of piperidine rings is 1. The van der Waals surface area contributed by atoms with E-state index in [-0.39, 0.29) is 0 Å². The van der Waals surface area contributed by atoms with E-state index in [9.17, 15) is 0 Å². The second-order valence-corrected chi connectivity index (χ2v) is 8.85. The third-order valence-corrected chi connectivity index (χ3v) is 6.52. The number of aromatic nitrogens is 4. The fourth-order valence-corrected chi connectivity index (χ4v) is 4.75. The minimum atomic E-state index is 0.354. The summed E-state index contributed by atoms with van der Waals surface area (Å²) in [5.41, 5.74) is 2.84. The number of nitrogens with one attached hydrogen (secondary N) is 1. The summed E-state index contributed by atoms with van der Waals surface area (Å²) >= 11 is 8.13. The molecule has 4 heterocycles. The average Bonchev–Trinajstić information content (AvgIpc) is 3.40. The molecule has 1 aliphatic rings. The van der Waals surface area contributed by atoms with Crippen molar-refractivity contribution in [2.24, 2.45) is 0 Å². The Morgan fingerprint density at radius 1 is 1.23 bits per heavy atom. The summed E-state index contributed by atoms with van der Waals surface area (Å²) in [6.07, 6.45) is 5.61. The Bertz CT molecular complexity index is 1150. The Balaban J connectivity index is 1.37. The summed E-state index contributed by atoms with van der Waals surface area (Å²) in [5, 5.41) is 12.0. The molecule has 0 saturated carbocycles. The summed E-state index contributed by atoms with van der Waals surface area (Å²) in [6.45, 7) is 2.99. The Morgan fingerprint density at radius 2 is 2.07 bits per heavy atom. The SMILES string of the molecule is [B]c1cnn2c(NC3CCN(Cc4nccs4)CC3)cc(-c3ccccc3Cl)nc12. The number of likely N-dealkylation sites (tertiary alicyclic amines) is 1. The zero-order valence-corrected chi connectivity index (χ0v) is 17.9. The smallest absolute Gasteiger partial charge is 0.150 e. The molecule has 150 valence electrons. The first-order valence-corrected chi connectivity index (χ1v) is 11.2.